The minimum Gasteiger partial charge on any atom is -0.481 e. The molecule has 0 atom stereocenters. The van der Waals surface area contributed by atoms with E-state index < -0.39 is 5.97 Å². The summed E-state index contributed by atoms with van der Waals surface area (Å²) in [6.45, 7) is 0. The fourth-order valence-corrected chi connectivity index (χ4v) is 2.11. The molecule has 2 rings (SSSR count). The summed E-state index contributed by atoms with van der Waals surface area (Å²) in [6.07, 6.45) is 0.770. The molecule has 0 aliphatic heterocycles. The number of hydrogen-bond donors (Lipinski definition) is 2. The number of aryl methyl sites for hydroxylation is 1. The first-order valence-electron chi connectivity index (χ1n) is 4.99. The van der Waals surface area contributed by atoms with Crippen LogP contribution in [-0.4, -0.2) is 32.5 Å². The number of aromatic nitrogens is 2. The molecular formula is C11H12N2O2S. The van der Waals surface area contributed by atoms with Crippen LogP contribution in [0.4, 0.5) is 0 Å². The highest BCUT2D eigenvalue weighted by molar-refractivity contribution is 7.99. The van der Waals surface area contributed by atoms with Crippen LogP contribution in [0.3, 0.4) is 0 Å². The lowest BCUT2D eigenvalue weighted by Crippen LogP contribution is -2.00. The highest BCUT2D eigenvalue weighted by Crippen LogP contribution is 2.12. The van der Waals surface area contributed by atoms with Crippen LogP contribution < -0.4 is 0 Å². The van der Waals surface area contributed by atoms with Crippen LogP contribution in [0, 0.1) is 0 Å². The van der Waals surface area contributed by atoms with Crippen molar-refractivity contribution in [3.05, 3.63) is 30.1 Å². The van der Waals surface area contributed by atoms with Crippen molar-refractivity contribution in [2.45, 2.75) is 6.42 Å². The van der Waals surface area contributed by atoms with Gasteiger partial charge < -0.3 is 10.1 Å². The number of carboxylic acid groups (broad SMARTS) is 1. The number of rotatable bonds is 5. The molecule has 0 aliphatic rings. The predicted octanol–water partition coefficient (Wildman–Crippen LogP) is 1.92. The van der Waals surface area contributed by atoms with Gasteiger partial charge in [0.05, 0.1) is 16.8 Å². The van der Waals surface area contributed by atoms with E-state index in [1.54, 1.807) is 0 Å². The summed E-state index contributed by atoms with van der Waals surface area (Å²) < 4.78 is 0. The lowest BCUT2D eigenvalue weighted by atomic mass is 10.3. The smallest absolute Gasteiger partial charge is 0.313 e. The third-order valence-electron chi connectivity index (χ3n) is 2.15. The van der Waals surface area contributed by atoms with E-state index in [0.29, 0.717) is 0 Å². The third-order valence-corrected chi connectivity index (χ3v) is 3.09. The van der Waals surface area contributed by atoms with E-state index in [1.807, 2.05) is 24.3 Å². The number of para-hydroxylation sites is 2. The van der Waals surface area contributed by atoms with Gasteiger partial charge in [0.15, 0.2) is 0 Å². The van der Waals surface area contributed by atoms with E-state index >= 15 is 0 Å². The fourth-order valence-electron chi connectivity index (χ4n) is 1.45. The van der Waals surface area contributed by atoms with E-state index in [-0.39, 0.29) is 5.75 Å². The summed E-state index contributed by atoms with van der Waals surface area (Å²) in [5, 5.41) is 8.48. The van der Waals surface area contributed by atoms with Crippen molar-refractivity contribution in [2.75, 3.05) is 11.5 Å². The summed E-state index contributed by atoms with van der Waals surface area (Å²) >= 11 is 1.41. The molecule has 0 fully saturated rings. The normalized spacial score (nSPS) is 10.8. The van der Waals surface area contributed by atoms with Crippen molar-refractivity contribution in [3.63, 3.8) is 0 Å². The number of fused-ring (bicyclic) bond motifs is 1. The van der Waals surface area contributed by atoms with Gasteiger partial charge in [-0.15, -0.1) is 11.8 Å². The number of nitrogens with zero attached hydrogens (tertiary/aromatic N) is 1. The number of nitrogens with one attached hydrogen (secondary N) is 1. The van der Waals surface area contributed by atoms with Gasteiger partial charge in [-0.05, 0) is 12.1 Å². The number of H-pyrrole nitrogens is 1. The van der Waals surface area contributed by atoms with Gasteiger partial charge >= 0.3 is 5.97 Å². The Morgan fingerprint density at radius 1 is 1.44 bits per heavy atom. The Balaban J connectivity index is 1.92. The first-order chi connectivity index (χ1) is 7.75. The summed E-state index contributed by atoms with van der Waals surface area (Å²) in [5.41, 5.74) is 1.99. The topological polar surface area (TPSA) is 66.0 Å². The highest BCUT2D eigenvalue weighted by Gasteiger charge is 2.02. The molecule has 0 radical (unpaired) electrons. The Kier molecular flexibility index (Phi) is 3.46. The number of aliphatic carboxylic acids is 1. The van der Waals surface area contributed by atoms with Crippen molar-refractivity contribution >= 4 is 28.8 Å². The van der Waals surface area contributed by atoms with Crippen molar-refractivity contribution in [2.24, 2.45) is 0 Å². The monoisotopic (exact) mass is 236 g/mol. The van der Waals surface area contributed by atoms with Gasteiger partial charge in [-0.3, -0.25) is 4.79 Å². The Labute approximate surface area is 97.1 Å². The quantitative estimate of drug-likeness (QED) is 0.778. The number of benzene rings is 1. The molecule has 1 heterocycles. The molecule has 0 saturated carbocycles. The molecule has 0 bridgehead atoms. The van der Waals surface area contributed by atoms with Crippen molar-refractivity contribution in [1.82, 2.24) is 9.97 Å². The molecule has 1 aromatic carbocycles. The minimum absolute atomic E-state index is 0.153. The molecular weight excluding hydrogens is 224 g/mol. The number of aromatic amines is 1. The molecule has 0 amide bonds. The van der Waals surface area contributed by atoms with Crippen LogP contribution in [-0.2, 0) is 11.2 Å². The molecule has 0 aliphatic carbocycles. The molecule has 4 nitrogen and oxygen atoms in total. The lowest BCUT2D eigenvalue weighted by Gasteiger charge is -1.95. The van der Waals surface area contributed by atoms with Gasteiger partial charge in [-0.1, -0.05) is 12.1 Å². The van der Waals surface area contributed by atoms with Crippen LogP contribution in [0.5, 0.6) is 0 Å². The lowest BCUT2D eigenvalue weighted by molar-refractivity contribution is -0.133. The number of hydrogen-bond acceptors (Lipinski definition) is 3. The maximum atomic E-state index is 10.3. The van der Waals surface area contributed by atoms with E-state index in [1.165, 1.54) is 11.8 Å². The Bertz CT molecular complexity index is 462. The van der Waals surface area contributed by atoms with Crippen molar-refractivity contribution < 1.29 is 9.90 Å². The second-order valence-corrected chi connectivity index (χ2v) is 4.50. The summed E-state index contributed by atoms with van der Waals surface area (Å²) in [4.78, 5) is 17.9. The average molecular weight is 236 g/mol. The van der Waals surface area contributed by atoms with Gasteiger partial charge in [0.25, 0.3) is 0 Å². The molecule has 0 unspecified atom stereocenters. The van der Waals surface area contributed by atoms with Gasteiger partial charge in [-0.25, -0.2) is 4.98 Å². The summed E-state index contributed by atoms with van der Waals surface area (Å²) in [5.74, 6) is 1.07. The largest absolute Gasteiger partial charge is 0.481 e. The Hall–Kier alpha value is -1.49. The number of carbonyl (C=O) groups is 1. The SMILES string of the molecule is O=C(O)CSCCc1nc2ccccc2[nH]1. The maximum Gasteiger partial charge on any atom is 0.313 e. The molecule has 5 heteroatoms. The van der Waals surface area contributed by atoms with E-state index in [9.17, 15) is 4.79 Å². The van der Waals surface area contributed by atoms with Crippen LogP contribution >= 0.6 is 11.8 Å². The molecule has 16 heavy (non-hydrogen) atoms. The molecule has 0 spiro atoms. The second-order valence-electron chi connectivity index (χ2n) is 3.40. The predicted molar refractivity (Wildman–Crippen MR) is 64.8 cm³/mol. The van der Waals surface area contributed by atoms with Crippen molar-refractivity contribution in [1.29, 1.82) is 0 Å². The van der Waals surface area contributed by atoms with Crippen LogP contribution in [0.2, 0.25) is 0 Å². The van der Waals surface area contributed by atoms with Gasteiger partial charge in [0.2, 0.25) is 0 Å². The van der Waals surface area contributed by atoms with Gasteiger partial charge in [0, 0.05) is 12.2 Å². The highest BCUT2D eigenvalue weighted by atomic mass is 32.2. The number of thioether (sulfide) groups is 1. The molecule has 1 aromatic heterocycles. The zero-order valence-electron chi connectivity index (χ0n) is 8.64. The molecule has 0 saturated heterocycles. The molecule has 84 valence electrons. The van der Waals surface area contributed by atoms with Gasteiger partial charge in [0.1, 0.15) is 5.82 Å². The Morgan fingerprint density at radius 2 is 2.25 bits per heavy atom. The zero-order valence-corrected chi connectivity index (χ0v) is 9.46. The van der Waals surface area contributed by atoms with Crippen LogP contribution in [0.15, 0.2) is 24.3 Å². The zero-order chi connectivity index (χ0) is 11.4. The Morgan fingerprint density at radius 3 is 3.00 bits per heavy atom. The summed E-state index contributed by atoms with van der Waals surface area (Å²) in [6, 6.07) is 7.85. The average Bonchev–Trinajstić information content (AvgIpc) is 2.66. The van der Waals surface area contributed by atoms with Gasteiger partial charge in [-0.2, -0.15) is 0 Å². The van der Waals surface area contributed by atoms with Crippen molar-refractivity contribution in [3.8, 4) is 0 Å². The number of carboxylic acids is 1. The fraction of sp³-hybridized carbons (Fsp3) is 0.273. The molecule has 2 aromatic rings. The minimum atomic E-state index is -0.769. The first-order valence-corrected chi connectivity index (χ1v) is 6.14. The van der Waals surface area contributed by atoms with E-state index in [0.717, 1.165) is 29.0 Å². The third kappa shape index (κ3) is 2.76. The van der Waals surface area contributed by atoms with Crippen LogP contribution in [0.25, 0.3) is 11.0 Å². The first kappa shape index (κ1) is 11.0. The standard InChI is InChI=1S/C11H12N2O2S/c14-11(15)7-16-6-5-10-12-8-3-1-2-4-9(8)13-10/h1-4H,5-7H2,(H,12,13)(H,14,15). The van der Waals surface area contributed by atoms with Crippen LogP contribution in [0.1, 0.15) is 5.82 Å². The second kappa shape index (κ2) is 5.03. The molecule has 2 N–H and O–H groups in total. The van der Waals surface area contributed by atoms with E-state index in [4.69, 9.17) is 5.11 Å². The maximum absolute atomic E-state index is 10.3. The number of imidazole rings is 1. The summed E-state index contributed by atoms with van der Waals surface area (Å²) in [7, 11) is 0. The van der Waals surface area contributed by atoms with E-state index in [2.05, 4.69) is 9.97 Å².